The molecule has 2 heteroatoms. The summed E-state index contributed by atoms with van der Waals surface area (Å²) in [6.07, 6.45) is 4.26. The molecular formula is C15H22O2. The zero-order valence-corrected chi connectivity index (χ0v) is 10.7. The lowest BCUT2D eigenvalue weighted by molar-refractivity contribution is 0.158. The monoisotopic (exact) mass is 234 g/mol. The lowest BCUT2D eigenvalue weighted by Gasteiger charge is -2.14. The van der Waals surface area contributed by atoms with Crippen molar-refractivity contribution < 1.29 is 9.84 Å². The molecule has 17 heavy (non-hydrogen) atoms. The van der Waals surface area contributed by atoms with Crippen LogP contribution in [0, 0.1) is 5.92 Å². The van der Waals surface area contributed by atoms with Crippen molar-refractivity contribution in [2.45, 2.75) is 51.7 Å². The molecular weight excluding hydrogens is 212 g/mol. The highest BCUT2D eigenvalue weighted by atomic mass is 16.5. The normalized spacial score (nSPS) is 17.2. The van der Waals surface area contributed by atoms with Crippen LogP contribution in [0.3, 0.4) is 0 Å². The number of hydrogen-bond donors (Lipinski definition) is 1. The number of aliphatic hydroxyl groups excluding tert-OH is 1. The lowest BCUT2D eigenvalue weighted by atomic mass is 10.00. The highest BCUT2D eigenvalue weighted by molar-refractivity contribution is 5.30. The Morgan fingerprint density at radius 2 is 2.06 bits per heavy atom. The van der Waals surface area contributed by atoms with E-state index in [4.69, 9.17) is 4.74 Å². The second-order valence-corrected chi connectivity index (χ2v) is 5.38. The van der Waals surface area contributed by atoms with E-state index in [9.17, 15) is 5.11 Å². The molecule has 1 aromatic rings. The largest absolute Gasteiger partial charge is 0.490 e. The molecule has 2 rings (SSSR count). The van der Waals surface area contributed by atoms with Gasteiger partial charge in [0.1, 0.15) is 5.75 Å². The quantitative estimate of drug-likeness (QED) is 0.813. The van der Waals surface area contributed by atoms with Crippen LogP contribution in [0.4, 0.5) is 0 Å². The summed E-state index contributed by atoms with van der Waals surface area (Å²) in [6.45, 7) is 4.36. The van der Waals surface area contributed by atoms with Gasteiger partial charge in [0.05, 0.1) is 12.2 Å². The molecule has 0 spiro atoms. The first kappa shape index (κ1) is 12.4. The predicted molar refractivity (Wildman–Crippen MR) is 69.1 cm³/mol. The Kier molecular flexibility index (Phi) is 4.06. The molecule has 0 bridgehead atoms. The van der Waals surface area contributed by atoms with Gasteiger partial charge in [0.25, 0.3) is 0 Å². The SMILES string of the molecule is CC(C)CCC(O)c1cccc(OC2CC2)c1. The van der Waals surface area contributed by atoms with Crippen LogP contribution in [0.15, 0.2) is 24.3 Å². The van der Waals surface area contributed by atoms with E-state index in [0.29, 0.717) is 12.0 Å². The molecule has 0 heterocycles. The maximum atomic E-state index is 10.1. The van der Waals surface area contributed by atoms with E-state index >= 15 is 0 Å². The molecule has 1 fully saturated rings. The van der Waals surface area contributed by atoms with Gasteiger partial charge < -0.3 is 9.84 Å². The van der Waals surface area contributed by atoms with Crippen molar-refractivity contribution in [2.24, 2.45) is 5.92 Å². The van der Waals surface area contributed by atoms with Crippen LogP contribution < -0.4 is 4.74 Å². The molecule has 1 atom stereocenters. The first-order chi connectivity index (χ1) is 8.15. The Morgan fingerprint density at radius 1 is 1.29 bits per heavy atom. The van der Waals surface area contributed by atoms with Crippen LogP contribution in [-0.4, -0.2) is 11.2 Å². The van der Waals surface area contributed by atoms with Gasteiger partial charge in [0, 0.05) is 0 Å². The zero-order chi connectivity index (χ0) is 12.3. The molecule has 1 N–H and O–H groups in total. The van der Waals surface area contributed by atoms with Crippen LogP contribution in [0.5, 0.6) is 5.75 Å². The second kappa shape index (κ2) is 5.54. The summed E-state index contributed by atoms with van der Waals surface area (Å²) >= 11 is 0. The Balaban J connectivity index is 1.93. The summed E-state index contributed by atoms with van der Waals surface area (Å²) in [5, 5.41) is 10.1. The zero-order valence-electron chi connectivity index (χ0n) is 10.7. The van der Waals surface area contributed by atoms with Gasteiger partial charge in [-0.15, -0.1) is 0 Å². The van der Waals surface area contributed by atoms with E-state index in [1.807, 2.05) is 24.3 Å². The Morgan fingerprint density at radius 3 is 2.71 bits per heavy atom. The maximum absolute atomic E-state index is 10.1. The number of aliphatic hydroxyl groups is 1. The minimum atomic E-state index is -0.361. The summed E-state index contributed by atoms with van der Waals surface area (Å²) in [5.74, 6) is 1.53. The summed E-state index contributed by atoms with van der Waals surface area (Å²) in [4.78, 5) is 0. The maximum Gasteiger partial charge on any atom is 0.120 e. The molecule has 1 saturated carbocycles. The first-order valence-electron chi connectivity index (χ1n) is 6.60. The van der Waals surface area contributed by atoms with Crippen LogP contribution in [0.2, 0.25) is 0 Å². The van der Waals surface area contributed by atoms with E-state index in [1.54, 1.807) is 0 Å². The molecule has 0 aromatic heterocycles. The van der Waals surface area contributed by atoms with Gasteiger partial charge in [-0.3, -0.25) is 0 Å². The Bertz CT molecular complexity index is 356. The summed E-state index contributed by atoms with van der Waals surface area (Å²) in [5.41, 5.74) is 0.976. The van der Waals surface area contributed by atoms with E-state index in [-0.39, 0.29) is 6.10 Å². The molecule has 94 valence electrons. The van der Waals surface area contributed by atoms with Crippen molar-refractivity contribution in [2.75, 3.05) is 0 Å². The van der Waals surface area contributed by atoms with Gasteiger partial charge >= 0.3 is 0 Å². The van der Waals surface area contributed by atoms with Crippen LogP contribution in [0.1, 0.15) is 51.2 Å². The van der Waals surface area contributed by atoms with Crippen molar-refractivity contribution in [3.63, 3.8) is 0 Å². The minimum Gasteiger partial charge on any atom is -0.490 e. The van der Waals surface area contributed by atoms with Crippen molar-refractivity contribution >= 4 is 0 Å². The third kappa shape index (κ3) is 4.04. The molecule has 0 aliphatic heterocycles. The van der Waals surface area contributed by atoms with E-state index in [2.05, 4.69) is 13.8 Å². The fourth-order valence-corrected chi connectivity index (χ4v) is 1.83. The molecule has 0 saturated heterocycles. The number of hydrogen-bond acceptors (Lipinski definition) is 2. The Labute approximate surface area is 104 Å². The molecule has 0 radical (unpaired) electrons. The van der Waals surface area contributed by atoms with Crippen molar-refractivity contribution in [3.05, 3.63) is 29.8 Å². The third-order valence-electron chi connectivity index (χ3n) is 3.09. The van der Waals surface area contributed by atoms with Gasteiger partial charge in [0.2, 0.25) is 0 Å². The molecule has 1 aliphatic rings. The van der Waals surface area contributed by atoms with Gasteiger partial charge in [-0.05, 0) is 49.3 Å². The highest BCUT2D eigenvalue weighted by Crippen LogP contribution is 2.29. The molecule has 2 nitrogen and oxygen atoms in total. The predicted octanol–water partition coefficient (Wildman–Crippen LogP) is 3.70. The summed E-state index contributed by atoms with van der Waals surface area (Å²) in [7, 11) is 0. The van der Waals surface area contributed by atoms with Crippen LogP contribution >= 0.6 is 0 Å². The third-order valence-corrected chi connectivity index (χ3v) is 3.09. The average molecular weight is 234 g/mol. The second-order valence-electron chi connectivity index (χ2n) is 5.38. The molecule has 1 aromatic carbocycles. The fourth-order valence-electron chi connectivity index (χ4n) is 1.83. The summed E-state index contributed by atoms with van der Waals surface area (Å²) < 4.78 is 5.73. The lowest BCUT2D eigenvalue weighted by Crippen LogP contribution is -2.01. The highest BCUT2D eigenvalue weighted by Gasteiger charge is 2.23. The number of ether oxygens (including phenoxy) is 1. The Hall–Kier alpha value is -1.02. The first-order valence-corrected chi connectivity index (χ1v) is 6.60. The molecule has 1 unspecified atom stereocenters. The van der Waals surface area contributed by atoms with E-state index in [0.717, 1.165) is 24.2 Å². The van der Waals surface area contributed by atoms with Crippen molar-refractivity contribution in [3.8, 4) is 5.75 Å². The average Bonchev–Trinajstić information content (AvgIpc) is 3.10. The van der Waals surface area contributed by atoms with Gasteiger partial charge in [-0.25, -0.2) is 0 Å². The van der Waals surface area contributed by atoms with E-state index < -0.39 is 0 Å². The number of benzene rings is 1. The topological polar surface area (TPSA) is 29.5 Å². The standard InChI is InChI=1S/C15H22O2/c1-11(2)6-9-15(16)12-4-3-5-14(10-12)17-13-7-8-13/h3-5,10-11,13,15-16H,6-9H2,1-2H3. The van der Waals surface area contributed by atoms with Gasteiger partial charge in [-0.2, -0.15) is 0 Å². The van der Waals surface area contributed by atoms with Gasteiger partial charge in [-0.1, -0.05) is 26.0 Å². The summed E-state index contributed by atoms with van der Waals surface area (Å²) in [6, 6.07) is 7.89. The smallest absolute Gasteiger partial charge is 0.120 e. The minimum absolute atomic E-state index is 0.361. The van der Waals surface area contributed by atoms with Crippen LogP contribution in [0.25, 0.3) is 0 Å². The van der Waals surface area contributed by atoms with Crippen LogP contribution in [-0.2, 0) is 0 Å². The van der Waals surface area contributed by atoms with E-state index in [1.165, 1.54) is 12.8 Å². The molecule has 0 amide bonds. The fraction of sp³-hybridized carbons (Fsp3) is 0.600. The van der Waals surface area contributed by atoms with Gasteiger partial charge in [0.15, 0.2) is 0 Å². The molecule has 1 aliphatic carbocycles. The van der Waals surface area contributed by atoms with Crippen molar-refractivity contribution in [1.82, 2.24) is 0 Å². The van der Waals surface area contributed by atoms with Crippen molar-refractivity contribution in [1.29, 1.82) is 0 Å². The number of rotatable bonds is 6.